The number of ether oxygens (including phenoxy) is 2. The van der Waals surface area contributed by atoms with Crippen LogP contribution in [0.5, 0.6) is 0 Å². The number of aryl methyl sites for hydroxylation is 1. The molecule has 2 aliphatic rings. The lowest BCUT2D eigenvalue weighted by atomic mass is 9.90. The van der Waals surface area contributed by atoms with Crippen molar-refractivity contribution in [3.63, 3.8) is 0 Å². The van der Waals surface area contributed by atoms with Crippen molar-refractivity contribution in [1.82, 2.24) is 9.88 Å². The van der Waals surface area contributed by atoms with E-state index in [1.54, 1.807) is 18.5 Å². The van der Waals surface area contributed by atoms with Crippen LogP contribution < -0.4 is 0 Å². The van der Waals surface area contributed by atoms with Gasteiger partial charge in [-0.15, -0.1) is 6.58 Å². The molecule has 0 spiro atoms. The first-order valence-corrected chi connectivity index (χ1v) is 15.1. The molecule has 0 radical (unpaired) electrons. The van der Waals surface area contributed by atoms with E-state index in [1.807, 2.05) is 32.1 Å². The third-order valence-electron chi connectivity index (χ3n) is 8.04. The molecule has 0 bridgehead atoms. The molecule has 42 heavy (non-hydrogen) atoms. The number of aromatic nitrogens is 1. The second-order valence-electron chi connectivity index (χ2n) is 11.4. The van der Waals surface area contributed by atoms with E-state index < -0.39 is 35.8 Å². The summed E-state index contributed by atoms with van der Waals surface area (Å²) in [6.07, 6.45) is 10.8. The maximum Gasteiger partial charge on any atom is 0.329 e. The van der Waals surface area contributed by atoms with Crippen molar-refractivity contribution in [3.05, 3.63) is 54.4 Å². The monoisotopic (exact) mass is 580 g/mol. The molecular formula is C33H44N2O7. The molecular weight excluding hydrogens is 536 g/mol. The summed E-state index contributed by atoms with van der Waals surface area (Å²) in [6.45, 7) is 8.13. The number of hydrogen-bond acceptors (Lipinski definition) is 8. The second-order valence-corrected chi connectivity index (χ2v) is 11.4. The van der Waals surface area contributed by atoms with Gasteiger partial charge in [0.2, 0.25) is 5.78 Å². The average molecular weight is 581 g/mol. The molecule has 3 unspecified atom stereocenters. The number of piperidine rings is 1. The van der Waals surface area contributed by atoms with Crippen LogP contribution in [-0.2, 0) is 39.9 Å². The van der Waals surface area contributed by atoms with Crippen LogP contribution in [0.2, 0.25) is 0 Å². The van der Waals surface area contributed by atoms with Gasteiger partial charge in [-0.2, -0.15) is 0 Å². The summed E-state index contributed by atoms with van der Waals surface area (Å²) >= 11 is 0. The Morgan fingerprint density at radius 1 is 1.02 bits per heavy atom. The lowest BCUT2D eigenvalue weighted by Gasteiger charge is -2.35. The predicted molar refractivity (Wildman–Crippen MR) is 157 cm³/mol. The number of fused-ring (bicyclic) bond motifs is 1. The van der Waals surface area contributed by atoms with E-state index in [0.29, 0.717) is 50.5 Å². The highest BCUT2D eigenvalue weighted by Crippen LogP contribution is 2.26. The Morgan fingerprint density at radius 2 is 1.83 bits per heavy atom. The zero-order chi connectivity index (χ0) is 30.5. The fraction of sp³-hybridized carbons (Fsp3) is 0.576. The summed E-state index contributed by atoms with van der Waals surface area (Å²) in [5, 5.41) is 0. The highest BCUT2D eigenvalue weighted by Gasteiger charge is 2.37. The minimum absolute atomic E-state index is 0.0138. The van der Waals surface area contributed by atoms with Gasteiger partial charge in [0, 0.05) is 31.8 Å². The molecule has 1 amide bonds. The van der Waals surface area contributed by atoms with E-state index in [9.17, 15) is 24.0 Å². The number of nitrogens with zero attached hydrogens (tertiary/aromatic N) is 2. The lowest BCUT2D eigenvalue weighted by molar-refractivity contribution is -0.165. The van der Waals surface area contributed by atoms with E-state index in [0.717, 1.165) is 12.0 Å². The summed E-state index contributed by atoms with van der Waals surface area (Å²) in [5.74, 6) is -2.72. The summed E-state index contributed by atoms with van der Waals surface area (Å²) < 4.78 is 11.4. The van der Waals surface area contributed by atoms with Crippen LogP contribution in [0.1, 0.15) is 83.6 Å². The van der Waals surface area contributed by atoms with Gasteiger partial charge < -0.3 is 14.4 Å². The number of cyclic esters (lactones) is 2. The van der Waals surface area contributed by atoms with E-state index >= 15 is 0 Å². The number of carbonyl (C=O) groups excluding carboxylic acids is 5. The summed E-state index contributed by atoms with van der Waals surface area (Å²) in [4.78, 5) is 70.3. The van der Waals surface area contributed by atoms with Crippen molar-refractivity contribution in [3.8, 4) is 0 Å². The molecule has 3 rings (SSSR count). The van der Waals surface area contributed by atoms with Gasteiger partial charge in [-0.1, -0.05) is 32.1 Å². The fourth-order valence-corrected chi connectivity index (χ4v) is 5.44. The normalized spacial score (nSPS) is 26.0. The third kappa shape index (κ3) is 10.0. The van der Waals surface area contributed by atoms with Crippen molar-refractivity contribution < 1.29 is 33.4 Å². The number of ketones is 2. The van der Waals surface area contributed by atoms with Gasteiger partial charge in [0.15, 0.2) is 5.78 Å². The average Bonchev–Trinajstić information content (AvgIpc) is 2.99. The maximum atomic E-state index is 13.5. The molecule has 9 nitrogen and oxygen atoms in total. The van der Waals surface area contributed by atoms with E-state index in [-0.39, 0.29) is 50.0 Å². The molecule has 4 atom stereocenters. The second kappa shape index (κ2) is 16.7. The largest absolute Gasteiger partial charge is 0.466 e. The van der Waals surface area contributed by atoms with Crippen molar-refractivity contribution in [2.45, 2.75) is 96.6 Å². The first kappa shape index (κ1) is 32.9. The Kier molecular flexibility index (Phi) is 13.1. The van der Waals surface area contributed by atoms with Gasteiger partial charge in [-0.05, 0) is 80.4 Å². The molecule has 1 aromatic heterocycles. The quantitative estimate of drug-likeness (QED) is 0.279. The standard InChI is InChI=1S/C33H44N2O7/c1-4-8-26-21-23(2)17-20-41-31(38)16-14-29(37)32(39)35-19-6-5-10-27(35)33(40)42-30(24(3)11-13-28(26)36)15-12-25-9-7-18-34-22-25/h4,7,9,18,21-24,27,30H,1,5-6,8,10-17,19-20H2,2-3H3/t23?,24?,27-,30?/m0/s1. The first-order chi connectivity index (χ1) is 20.2. The predicted octanol–water partition coefficient (Wildman–Crippen LogP) is 4.73. The van der Waals surface area contributed by atoms with Gasteiger partial charge in [-0.3, -0.25) is 24.2 Å². The zero-order valence-corrected chi connectivity index (χ0v) is 24.9. The molecule has 0 aromatic carbocycles. The van der Waals surface area contributed by atoms with Crippen molar-refractivity contribution in [2.24, 2.45) is 11.8 Å². The van der Waals surface area contributed by atoms with Crippen LogP contribution in [0.15, 0.2) is 48.8 Å². The minimum atomic E-state index is -0.869. The third-order valence-corrected chi connectivity index (χ3v) is 8.04. The Balaban J connectivity index is 1.86. The van der Waals surface area contributed by atoms with Gasteiger partial charge in [0.05, 0.1) is 13.0 Å². The number of hydrogen-bond donors (Lipinski definition) is 0. The minimum Gasteiger partial charge on any atom is -0.466 e. The van der Waals surface area contributed by atoms with Crippen LogP contribution in [0.25, 0.3) is 0 Å². The Hall–Kier alpha value is -3.62. The SMILES string of the molecule is C=CCC1=CC(C)CCOC(=O)CCC(=O)C(=O)N2CCCC[C@H]2C(=O)OC(CCc2cccnc2)C(C)CCC1=O. The first-order valence-electron chi connectivity index (χ1n) is 15.1. The van der Waals surface area contributed by atoms with Gasteiger partial charge >= 0.3 is 11.9 Å². The topological polar surface area (TPSA) is 120 Å². The number of amides is 1. The molecule has 0 saturated carbocycles. The number of rotatable bonds is 5. The van der Waals surface area contributed by atoms with Gasteiger partial charge in [-0.25, -0.2) is 4.79 Å². The molecule has 9 heteroatoms. The number of Topliss-reactive ketones (excluding diaryl/α,β-unsaturated/α-hetero) is 2. The van der Waals surface area contributed by atoms with Crippen molar-refractivity contribution in [2.75, 3.05) is 13.2 Å². The lowest BCUT2D eigenvalue weighted by Crippen LogP contribution is -2.51. The van der Waals surface area contributed by atoms with Crippen LogP contribution in [0.4, 0.5) is 0 Å². The van der Waals surface area contributed by atoms with Gasteiger partial charge in [0.25, 0.3) is 5.91 Å². The highest BCUT2D eigenvalue weighted by molar-refractivity contribution is 6.36. The number of esters is 2. The summed E-state index contributed by atoms with van der Waals surface area (Å²) in [6, 6.07) is 2.95. The van der Waals surface area contributed by atoms with Crippen LogP contribution >= 0.6 is 0 Å². The molecule has 0 aliphatic carbocycles. The van der Waals surface area contributed by atoms with Gasteiger partial charge in [0.1, 0.15) is 12.1 Å². The van der Waals surface area contributed by atoms with Crippen molar-refractivity contribution >= 4 is 29.4 Å². The van der Waals surface area contributed by atoms with Crippen LogP contribution in [-0.4, -0.2) is 64.6 Å². The smallest absolute Gasteiger partial charge is 0.329 e. The van der Waals surface area contributed by atoms with E-state index in [2.05, 4.69) is 11.6 Å². The van der Waals surface area contributed by atoms with Crippen molar-refractivity contribution in [1.29, 1.82) is 0 Å². The van der Waals surface area contributed by atoms with Crippen LogP contribution in [0, 0.1) is 11.8 Å². The molecule has 1 fully saturated rings. The molecule has 228 valence electrons. The molecule has 2 aliphatic heterocycles. The Morgan fingerprint density at radius 3 is 2.57 bits per heavy atom. The summed E-state index contributed by atoms with van der Waals surface area (Å²) in [7, 11) is 0. The van der Waals surface area contributed by atoms with E-state index in [4.69, 9.17) is 9.47 Å². The Bertz CT molecular complexity index is 1150. The number of pyridine rings is 1. The molecule has 1 aromatic rings. The summed E-state index contributed by atoms with van der Waals surface area (Å²) in [5.41, 5.74) is 1.67. The van der Waals surface area contributed by atoms with Crippen LogP contribution in [0.3, 0.4) is 0 Å². The maximum absolute atomic E-state index is 13.5. The molecule has 1 saturated heterocycles. The Labute approximate surface area is 248 Å². The van der Waals surface area contributed by atoms with E-state index in [1.165, 1.54) is 4.90 Å². The number of allylic oxidation sites excluding steroid dienone is 3. The molecule has 0 N–H and O–H groups in total. The zero-order valence-electron chi connectivity index (χ0n) is 24.9. The fourth-order valence-electron chi connectivity index (χ4n) is 5.44. The highest BCUT2D eigenvalue weighted by atomic mass is 16.5. The number of carbonyl (C=O) groups is 5. The molecule has 3 heterocycles.